The molecular weight excluding hydrogens is 446 g/mol. The molecule has 0 spiro atoms. The Bertz CT molecular complexity index is 1160. The van der Waals surface area contributed by atoms with E-state index in [1.807, 2.05) is 50.2 Å². The molecule has 0 atom stereocenters. The lowest BCUT2D eigenvalue weighted by Crippen LogP contribution is -2.22. The molecule has 7 nitrogen and oxygen atoms in total. The topological polar surface area (TPSA) is 88.9 Å². The summed E-state index contributed by atoms with van der Waals surface area (Å²) >= 11 is 7.37. The van der Waals surface area contributed by atoms with Gasteiger partial charge in [0, 0.05) is 23.8 Å². The van der Waals surface area contributed by atoms with E-state index in [4.69, 9.17) is 11.6 Å². The first kappa shape index (κ1) is 23.6. The molecule has 0 saturated carbocycles. The SMILES string of the molecule is Cc1ccc(C)c(NC(=O)CSc2nnc(CNC(=O)/C=C/c3ccccc3Cl)n2C)c1. The Labute approximate surface area is 196 Å². The summed E-state index contributed by atoms with van der Waals surface area (Å²) in [7, 11) is 1.80. The quantitative estimate of drug-likeness (QED) is 0.382. The average Bonchev–Trinajstić information content (AvgIpc) is 3.12. The number of nitrogens with one attached hydrogen (secondary N) is 2. The maximum Gasteiger partial charge on any atom is 0.244 e. The first-order valence-corrected chi connectivity index (χ1v) is 11.3. The molecule has 0 aliphatic carbocycles. The maximum absolute atomic E-state index is 12.3. The van der Waals surface area contributed by atoms with Gasteiger partial charge in [-0.25, -0.2) is 0 Å². The third-order valence-electron chi connectivity index (χ3n) is 4.66. The lowest BCUT2D eigenvalue weighted by Gasteiger charge is -2.09. The Morgan fingerprint density at radius 3 is 2.72 bits per heavy atom. The summed E-state index contributed by atoms with van der Waals surface area (Å²) in [6.07, 6.45) is 3.08. The first-order valence-electron chi connectivity index (χ1n) is 9.92. The third kappa shape index (κ3) is 6.45. The summed E-state index contributed by atoms with van der Waals surface area (Å²) in [5, 5.41) is 15.1. The van der Waals surface area contributed by atoms with E-state index in [0.29, 0.717) is 16.0 Å². The van der Waals surface area contributed by atoms with Crippen molar-refractivity contribution in [1.82, 2.24) is 20.1 Å². The molecule has 0 saturated heterocycles. The molecule has 0 bridgehead atoms. The molecule has 9 heteroatoms. The van der Waals surface area contributed by atoms with Crippen LogP contribution in [0.15, 0.2) is 53.7 Å². The minimum atomic E-state index is -0.268. The fourth-order valence-electron chi connectivity index (χ4n) is 2.81. The second-order valence-electron chi connectivity index (χ2n) is 7.19. The van der Waals surface area contributed by atoms with Crippen molar-refractivity contribution >= 4 is 46.9 Å². The monoisotopic (exact) mass is 469 g/mol. The van der Waals surface area contributed by atoms with Gasteiger partial charge in [0.1, 0.15) is 0 Å². The molecule has 1 aromatic heterocycles. The van der Waals surface area contributed by atoms with Crippen molar-refractivity contribution in [3.8, 4) is 0 Å². The largest absolute Gasteiger partial charge is 0.345 e. The number of aryl methyl sites for hydroxylation is 2. The second kappa shape index (κ2) is 11.0. The van der Waals surface area contributed by atoms with Crippen molar-refractivity contribution in [1.29, 1.82) is 0 Å². The zero-order valence-corrected chi connectivity index (χ0v) is 19.6. The predicted molar refractivity (Wildman–Crippen MR) is 129 cm³/mol. The molecule has 3 rings (SSSR count). The lowest BCUT2D eigenvalue weighted by atomic mass is 10.1. The van der Waals surface area contributed by atoms with E-state index in [0.717, 1.165) is 22.4 Å². The fraction of sp³-hybridized carbons (Fsp3) is 0.217. The highest BCUT2D eigenvalue weighted by atomic mass is 35.5. The molecule has 0 aliphatic rings. The lowest BCUT2D eigenvalue weighted by molar-refractivity contribution is -0.116. The second-order valence-corrected chi connectivity index (χ2v) is 8.54. The van der Waals surface area contributed by atoms with Crippen LogP contribution in [-0.2, 0) is 23.2 Å². The van der Waals surface area contributed by atoms with Crippen LogP contribution in [0.1, 0.15) is 22.5 Å². The van der Waals surface area contributed by atoms with E-state index >= 15 is 0 Å². The Hall–Kier alpha value is -3.10. The van der Waals surface area contributed by atoms with Crippen molar-refractivity contribution in [3.05, 3.63) is 76.1 Å². The molecular formula is C23H24ClN5O2S. The van der Waals surface area contributed by atoms with Crippen molar-refractivity contribution in [3.63, 3.8) is 0 Å². The molecule has 0 fully saturated rings. The number of halogens is 1. The van der Waals surface area contributed by atoms with Gasteiger partial charge in [-0.15, -0.1) is 10.2 Å². The Kier molecular flexibility index (Phi) is 8.08. The van der Waals surface area contributed by atoms with Crippen molar-refractivity contribution < 1.29 is 9.59 Å². The van der Waals surface area contributed by atoms with E-state index in [1.165, 1.54) is 17.8 Å². The third-order valence-corrected chi connectivity index (χ3v) is 6.03. The Morgan fingerprint density at radius 2 is 1.94 bits per heavy atom. The smallest absolute Gasteiger partial charge is 0.244 e. The highest BCUT2D eigenvalue weighted by Gasteiger charge is 2.13. The number of aromatic nitrogens is 3. The standard InChI is InChI=1S/C23H24ClN5O2S/c1-15-8-9-16(2)19(12-15)26-22(31)14-32-23-28-27-20(29(23)3)13-25-21(30)11-10-17-6-4-5-7-18(17)24/h4-12H,13-14H2,1-3H3,(H,25,30)(H,26,31)/b11-10+. The number of hydrogen-bond acceptors (Lipinski definition) is 5. The summed E-state index contributed by atoms with van der Waals surface area (Å²) in [5.74, 6) is 0.398. The molecule has 2 aromatic carbocycles. The number of carbonyl (C=O) groups excluding carboxylic acids is 2. The number of amides is 2. The van der Waals surface area contributed by atoms with Gasteiger partial charge >= 0.3 is 0 Å². The summed E-state index contributed by atoms with van der Waals surface area (Å²) in [6, 6.07) is 13.2. The molecule has 2 amide bonds. The molecule has 0 aliphatic heterocycles. The van der Waals surface area contributed by atoms with Crippen LogP contribution in [0.2, 0.25) is 5.02 Å². The van der Waals surface area contributed by atoms with E-state index in [1.54, 1.807) is 23.8 Å². The van der Waals surface area contributed by atoms with Gasteiger partial charge in [0.05, 0.1) is 12.3 Å². The highest BCUT2D eigenvalue weighted by Crippen LogP contribution is 2.19. The van der Waals surface area contributed by atoms with Gasteiger partial charge in [0.15, 0.2) is 11.0 Å². The van der Waals surface area contributed by atoms with Crippen molar-refractivity contribution in [2.24, 2.45) is 7.05 Å². The van der Waals surface area contributed by atoms with E-state index in [9.17, 15) is 9.59 Å². The minimum absolute atomic E-state index is 0.119. The Morgan fingerprint density at radius 1 is 1.16 bits per heavy atom. The van der Waals surface area contributed by atoms with Gasteiger partial charge in [-0.1, -0.05) is 53.7 Å². The van der Waals surface area contributed by atoms with Gasteiger partial charge in [0.2, 0.25) is 11.8 Å². The molecule has 2 N–H and O–H groups in total. The highest BCUT2D eigenvalue weighted by molar-refractivity contribution is 7.99. The summed E-state index contributed by atoms with van der Waals surface area (Å²) in [6.45, 7) is 4.15. The van der Waals surface area contributed by atoms with Gasteiger partial charge in [-0.05, 0) is 48.7 Å². The zero-order chi connectivity index (χ0) is 23.1. The summed E-state index contributed by atoms with van der Waals surface area (Å²) in [4.78, 5) is 24.4. The van der Waals surface area contributed by atoms with Gasteiger partial charge in [-0.3, -0.25) is 9.59 Å². The van der Waals surface area contributed by atoms with Gasteiger partial charge < -0.3 is 15.2 Å². The number of benzene rings is 2. The summed E-state index contributed by atoms with van der Waals surface area (Å²) in [5.41, 5.74) is 3.66. The van der Waals surface area contributed by atoms with Gasteiger partial charge in [-0.2, -0.15) is 0 Å². The summed E-state index contributed by atoms with van der Waals surface area (Å²) < 4.78 is 1.76. The number of carbonyl (C=O) groups is 2. The maximum atomic E-state index is 12.3. The van der Waals surface area contributed by atoms with Crippen LogP contribution in [0.25, 0.3) is 6.08 Å². The van der Waals surface area contributed by atoms with Crippen LogP contribution < -0.4 is 10.6 Å². The van der Waals surface area contributed by atoms with E-state index in [2.05, 4.69) is 20.8 Å². The number of anilines is 1. The molecule has 32 heavy (non-hydrogen) atoms. The molecule has 0 unspecified atom stereocenters. The van der Waals surface area contributed by atoms with E-state index in [-0.39, 0.29) is 24.1 Å². The molecule has 3 aromatic rings. The predicted octanol–water partition coefficient (Wildman–Crippen LogP) is 4.15. The van der Waals surface area contributed by atoms with Crippen molar-refractivity contribution in [2.45, 2.75) is 25.5 Å². The van der Waals surface area contributed by atoms with Crippen LogP contribution in [-0.4, -0.2) is 32.3 Å². The van der Waals surface area contributed by atoms with Crippen LogP contribution in [0, 0.1) is 13.8 Å². The fourth-order valence-corrected chi connectivity index (χ4v) is 3.74. The first-order chi connectivity index (χ1) is 15.3. The molecule has 0 radical (unpaired) electrons. The number of rotatable bonds is 8. The molecule has 166 valence electrons. The number of thioether (sulfide) groups is 1. The van der Waals surface area contributed by atoms with Crippen LogP contribution >= 0.6 is 23.4 Å². The zero-order valence-electron chi connectivity index (χ0n) is 18.1. The normalized spacial score (nSPS) is 11.0. The minimum Gasteiger partial charge on any atom is -0.345 e. The van der Waals surface area contributed by atoms with Crippen LogP contribution in [0.5, 0.6) is 0 Å². The van der Waals surface area contributed by atoms with Crippen LogP contribution in [0.3, 0.4) is 0 Å². The number of nitrogens with zero attached hydrogens (tertiary/aromatic N) is 3. The average molecular weight is 470 g/mol. The number of hydrogen-bond donors (Lipinski definition) is 2. The van der Waals surface area contributed by atoms with E-state index < -0.39 is 0 Å². The van der Waals surface area contributed by atoms with Gasteiger partial charge in [0.25, 0.3) is 0 Å². The Balaban J connectivity index is 1.50. The molecule has 1 heterocycles. The van der Waals surface area contributed by atoms with Crippen LogP contribution in [0.4, 0.5) is 5.69 Å². The van der Waals surface area contributed by atoms with Crippen molar-refractivity contribution in [2.75, 3.05) is 11.1 Å².